The van der Waals surface area contributed by atoms with Crippen LogP contribution in [-0.2, 0) is 0 Å². The topological polar surface area (TPSA) is 20.2 Å². The molecule has 0 amide bonds. The maximum absolute atomic E-state index is 10.1. The molecule has 1 saturated heterocycles. The van der Waals surface area contributed by atoms with Gasteiger partial charge in [0.1, 0.15) is 0 Å². The molecule has 1 aromatic carbocycles. The Hall–Kier alpha value is 0.360. The van der Waals surface area contributed by atoms with Gasteiger partial charge < -0.3 is 5.11 Å². The zero-order chi connectivity index (χ0) is 9.97. The van der Waals surface area contributed by atoms with Gasteiger partial charge in [-0.05, 0) is 17.7 Å². The molecule has 2 rings (SSSR count). The summed E-state index contributed by atoms with van der Waals surface area (Å²) in [4.78, 5) is 0. The molecule has 0 aromatic heterocycles. The standard InChI is InChI=1S/C10H11BrOS2/c11-8-3-1-7(2-4-8)9(12)10-13-5-6-14-10/h1-4,9-10,12H,5-6H2. The summed E-state index contributed by atoms with van der Waals surface area (Å²) in [6.45, 7) is 0. The Kier molecular flexibility index (Phi) is 3.82. The fraction of sp³-hybridized carbons (Fsp3) is 0.400. The van der Waals surface area contributed by atoms with E-state index in [4.69, 9.17) is 0 Å². The summed E-state index contributed by atoms with van der Waals surface area (Å²) < 4.78 is 1.37. The lowest BCUT2D eigenvalue weighted by Crippen LogP contribution is -2.08. The van der Waals surface area contributed by atoms with Gasteiger partial charge in [0.05, 0.1) is 10.7 Å². The van der Waals surface area contributed by atoms with E-state index < -0.39 is 0 Å². The molecule has 1 aliphatic rings. The van der Waals surface area contributed by atoms with Crippen molar-refractivity contribution in [3.8, 4) is 0 Å². The number of thioether (sulfide) groups is 2. The van der Waals surface area contributed by atoms with Crippen LogP contribution in [0.25, 0.3) is 0 Å². The van der Waals surface area contributed by atoms with Gasteiger partial charge in [0, 0.05) is 16.0 Å². The summed E-state index contributed by atoms with van der Waals surface area (Å²) in [6.07, 6.45) is -0.333. The van der Waals surface area contributed by atoms with E-state index in [9.17, 15) is 5.11 Å². The third-order valence-corrected chi connectivity index (χ3v) is 5.77. The highest BCUT2D eigenvalue weighted by molar-refractivity contribution is 9.10. The molecule has 1 fully saturated rings. The molecule has 0 bridgehead atoms. The zero-order valence-electron chi connectivity index (χ0n) is 7.52. The van der Waals surface area contributed by atoms with E-state index >= 15 is 0 Å². The van der Waals surface area contributed by atoms with Crippen molar-refractivity contribution in [3.05, 3.63) is 34.3 Å². The van der Waals surface area contributed by atoms with E-state index in [1.807, 2.05) is 47.8 Å². The summed E-state index contributed by atoms with van der Waals surface area (Å²) >= 11 is 7.09. The lowest BCUT2D eigenvalue weighted by molar-refractivity contribution is 0.196. The SMILES string of the molecule is OC(c1ccc(Br)cc1)C1SCCS1. The molecule has 1 unspecified atom stereocenters. The summed E-state index contributed by atoms with van der Waals surface area (Å²) in [7, 11) is 0. The fourth-order valence-electron chi connectivity index (χ4n) is 1.38. The van der Waals surface area contributed by atoms with Crippen LogP contribution >= 0.6 is 39.5 Å². The Morgan fingerprint density at radius 3 is 2.36 bits per heavy atom. The molecular formula is C10H11BrOS2. The second kappa shape index (κ2) is 4.92. The quantitative estimate of drug-likeness (QED) is 0.903. The van der Waals surface area contributed by atoms with Gasteiger partial charge >= 0.3 is 0 Å². The number of halogens is 1. The van der Waals surface area contributed by atoms with E-state index in [1.165, 1.54) is 0 Å². The first-order chi connectivity index (χ1) is 6.77. The minimum absolute atomic E-state index is 0.316. The Labute approximate surface area is 101 Å². The highest BCUT2D eigenvalue weighted by Gasteiger charge is 2.25. The molecule has 0 radical (unpaired) electrons. The van der Waals surface area contributed by atoms with Crippen LogP contribution in [0.5, 0.6) is 0 Å². The van der Waals surface area contributed by atoms with Gasteiger partial charge in [0.15, 0.2) is 0 Å². The molecule has 1 heterocycles. The van der Waals surface area contributed by atoms with Gasteiger partial charge in [-0.3, -0.25) is 0 Å². The van der Waals surface area contributed by atoms with Crippen molar-refractivity contribution in [1.82, 2.24) is 0 Å². The predicted octanol–water partition coefficient (Wildman–Crippen LogP) is 3.29. The van der Waals surface area contributed by atoms with Gasteiger partial charge in [0.25, 0.3) is 0 Å². The lowest BCUT2D eigenvalue weighted by Gasteiger charge is -2.16. The first kappa shape index (κ1) is 10.9. The largest absolute Gasteiger partial charge is 0.386 e. The summed E-state index contributed by atoms with van der Waals surface area (Å²) in [5.74, 6) is 2.31. The summed E-state index contributed by atoms with van der Waals surface area (Å²) in [5.41, 5.74) is 1.01. The smallest absolute Gasteiger partial charge is 0.1000 e. The molecule has 14 heavy (non-hydrogen) atoms. The second-order valence-corrected chi connectivity index (χ2v) is 6.82. The van der Waals surface area contributed by atoms with Crippen molar-refractivity contribution in [2.24, 2.45) is 0 Å². The molecular weight excluding hydrogens is 280 g/mol. The highest BCUT2D eigenvalue weighted by Crippen LogP contribution is 2.40. The molecule has 4 heteroatoms. The Morgan fingerprint density at radius 2 is 1.79 bits per heavy atom. The molecule has 0 saturated carbocycles. The first-order valence-electron chi connectivity index (χ1n) is 4.44. The van der Waals surface area contributed by atoms with Crippen LogP contribution in [0.2, 0.25) is 0 Å². The Balaban J connectivity index is 2.09. The number of rotatable bonds is 2. The van der Waals surface area contributed by atoms with E-state index in [1.54, 1.807) is 0 Å². The average Bonchev–Trinajstić information content (AvgIpc) is 2.71. The maximum atomic E-state index is 10.1. The van der Waals surface area contributed by atoms with Crippen molar-refractivity contribution in [2.45, 2.75) is 10.7 Å². The Morgan fingerprint density at radius 1 is 1.21 bits per heavy atom. The van der Waals surface area contributed by atoms with Crippen molar-refractivity contribution in [2.75, 3.05) is 11.5 Å². The summed E-state index contributed by atoms with van der Waals surface area (Å²) in [5, 5.41) is 10.1. The molecule has 0 aliphatic carbocycles. The number of hydrogen-bond acceptors (Lipinski definition) is 3. The monoisotopic (exact) mass is 290 g/mol. The number of aliphatic hydroxyl groups excluding tert-OH is 1. The van der Waals surface area contributed by atoms with Crippen LogP contribution in [0.4, 0.5) is 0 Å². The van der Waals surface area contributed by atoms with Crippen LogP contribution in [0.15, 0.2) is 28.7 Å². The van der Waals surface area contributed by atoms with Crippen molar-refractivity contribution in [1.29, 1.82) is 0 Å². The van der Waals surface area contributed by atoms with E-state index in [0.717, 1.165) is 21.5 Å². The van der Waals surface area contributed by atoms with Crippen LogP contribution < -0.4 is 0 Å². The molecule has 1 aliphatic heterocycles. The van der Waals surface area contributed by atoms with Crippen LogP contribution in [0.1, 0.15) is 11.7 Å². The van der Waals surface area contributed by atoms with Gasteiger partial charge in [-0.2, -0.15) is 0 Å². The molecule has 76 valence electrons. The van der Waals surface area contributed by atoms with Crippen LogP contribution in [0.3, 0.4) is 0 Å². The molecule has 1 atom stereocenters. The molecule has 1 nitrogen and oxygen atoms in total. The minimum atomic E-state index is -0.333. The van der Waals surface area contributed by atoms with Crippen LogP contribution in [0, 0.1) is 0 Å². The van der Waals surface area contributed by atoms with E-state index in [2.05, 4.69) is 15.9 Å². The zero-order valence-corrected chi connectivity index (χ0v) is 10.7. The van der Waals surface area contributed by atoms with Crippen molar-refractivity contribution in [3.63, 3.8) is 0 Å². The van der Waals surface area contributed by atoms with Gasteiger partial charge in [-0.15, -0.1) is 23.5 Å². The molecule has 1 aromatic rings. The number of hydrogen-bond donors (Lipinski definition) is 1. The summed E-state index contributed by atoms with van der Waals surface area (Å²) in [6, 6.07) is 7.91. The third-order valence-electron chi connectivity index (χ3n) is 2.12. The maximum Gasteiger partial charge on any atom is 0.1000 e. The molecule has 0 spiro atoms. The molecule has 1 N–H and O–H groups in total. The Bertz CT molecular complexity index is 295. The van der Waals surface area contributed by atoms with Crippen LogP contribution in [-0.4, -0.2) is 21.2 Å². The van der Waals surface area contributed by atoms with E-state index in [0.29, 0.717) is 4.58 Å². The first-order valence-corrected chi connectivity index (χ1v) is 7.33. The van der Waals surface area contributed by atoms with E-state index in [-0.39, 0.29) is 6.10 Å². The predicted molar refractivity (Wildman–Crippen MR) is 67.8 cm³/mol. The highest BCUT2D eigenvalue weighted by atomic mass is 79.9. The number of benzene rings is 1. The van der Waals surface area contributed by atoms with Crippen molar-refractivity contribution < 1.29 is 5.11 Å². The van der Waals surface area contributed by atoms with Gasteiger partial charge in [-0.1, -0.05) is 28.1 Å². The second-order valence-electron chi connectivity index (χ2n) is 3.11. The third kappa shape index (κ3) is 2.48. The van der Waals surface area contributed by atoms with Gasteiger partial charge in [-0.25, -0.2) is 0 Å². The minimum Gasteiger partial charge on any atom is -0.386 e. The normalized spacial score (nSPS) is 19.9. The lowest BCUT2D eigenvalue weighted by atomic mass is 10.1. The fourth-order valence-corrected chi connectivity index (χ4v) is 4.52. The average molecular weight is 291 g/mol. The number of aliphatic hydroxyl groups is 1. The van der Waals surface area contributed by atoms with Crippen molar-refractivity contribution >= 4 is 39.5 Å². The van der Waals surface area contributed by atoms with Gasteiger partial charge in [0.2, 0.25) is 0 Å².